The fourth-order valence-electron chi connectivity index (χ4n) is 1.40. The van der Waals surface area contributed by atoms with Gasteiger partial charge in [0.2, 0.25) is 0 Å². The number of nitrogens with zero attached hydrogens (tertiary/aromatic N) is 3. The molecule has 0 fully saturated rings. The Morgan fingerprint density at radius 3 is 2.75 bits per heavy atom. The van der Waals surface area contributed by atoms with Crippen molar-refractivity contribution >= 4 is 0 Å². The first-order chi connectivity index (χ1) is 7.85. The Morgan fingerprint density at radius 2 is 2.12 bits per heavy atom. The number of nitriles is 1. The Kier molecular flexibility index (Phi) is 2.90. The van der Waals surface area contributed by atoms with E-state index >= 15 is 0 Å². The molecular weight excluding hydrogens is 202 g/mol. The van der Waals surface area contributed by atoms with E-state index in [1.807, 2.05) is 6.07 Å². The molecule has 2 aromatic rings. The van der Waals surface area contributed by atoms with Gasteiger partial charge in [0.25, 0.3) is 0 Å². The standard InChI is InChI=1S/C12H9N3O/c13-6-9-3-4-11(15-7-9)12-10(8-16)2-1-5-14-12/h1-5,7,16H,8H2. The molecule has 0 aromatic carbocycles. The first-order valence-corrected chi connectivity index (χ1v) is 4.76. The summed E-state index contributed by atoms with van der Waals surface area (Å²) in [5.41, 5.74) is 2.53. The molecule has 4 heteroatoms. The average Bonchev–Trinajstić information content (AvgIpc) is 2.39. The number of rotatable bonds is 2. The second-order valence-corrected chi connectivity index (χ2v) is 3.21. The van der Waals surface area contributed by atoms with Crippen LogP contribution < -0.4 is 0 Å². The molecule has 16 heavy (non-hydrogen) atoms. The molecule has 0 aliphatic rings. The minimum atomic E-state index is -0.0785. The maximum atomic E-state index is 9.16. The van der Waals surface area contributed by atoms with Gasteiger partial charge in [0, 0.05) is 18.0 Å². The van der Waals surface area contributed by atoms with Crippen molar-refractivity contribution in [2.24, 2.45) is 0 Å². The van der Waals surface area contributed by atoms with Crippen LogP contribution in [0.25, 0.3) is 11.4 Å². The normalized spacial score (nSPS) is 9.75. The van der Waals surface area contributed by atoms with Crippen LogP contribution in [0.3, 0.4) is 0 Å². The number of hydrogen-bond acceptors (Lipinski definition) is 4. The molecule has 0 radical (unpaired) electrons. The SMILES string of the molecule is N#Cc1ccc(-c2ncccc2CO)nc1. The monoisotopic (exact) mass is 211 g/mol. The smallest absolute Gasteiger partial charge is 0.101 e. The summed E-state index contributed by atoms with van der Waals surface area (Å²) in [6, 6.07) is 8.96. The van der Waals surface area contributed by atoms with E-state index in [1.165, 1.54) is 6.20 Å². The lowest BCUT2D eigenvalue weighted by Crippen LogP contribution is -1.94. The highest BCUT2D eigenvalue weighted by Crippen LogP contribution is 2.18. The number of aliphatic hydroxyl groups is 1. The molecule has 2 heterocycles. The highest BCUT2D eigenvalue weighted by Gasteiger charge is 2.06. The Hall–Kier alpha value is -2.25. The molecule has 78 valence electrons. The molecule has 0 atom stereocenters. The summed E-state index contributed by atoms with van der Waals surface area (Å²) in [7, 11) is 0. The summed E-state index contributed by atoms with van der Waals surface area (Å²) < 4.78 is 0. The molecule has 0 unspecified atom stereocenters. The van der Waals surface area contributed by atoms with Crippen molar-refractivity contribution < 1.29 is 5.11 Å². The molecule has 0 spiro atoms. The van der Waals surface area contributed by atoms with E-state index in [9.17, 15) is 0 Å². The lowest BCUT2D eigenvalue weighted by molar-refractivity contribution is 0.282. The molecule has 0 amide bonds. The highest BCUT2D eigenvalue weighted by molar-refractivity contribution is 5.58. The summed E-state index contributed by atoms with van der Waals surface area (Å²) in [5.74, 6) is 0. The molecule has 2 aromatic heterocycles. The van der Waals surface area contributed by atoms with Crippen molar-refractivity contribution in [3.05, 3.63) is 47.8 Å². The maximum Gasteiger partial charge on any atom is 0.101 e. The third-order valence-electron chi connectivity index (χ3n) is 2.20. The van der Waals surface area contributed by atoms with Crippen LogP contribution in [0, 0.1) is 11.3 Å². The van der Waals surface area contributed by atoms with Gasteiger partial charge in [0.1, 0.15) is 6.07 Å². The molecule has 0 saturated heterocycles. The molecule has 2 rings (SSSR count). The van der Waals surface area contributed by atoms with Gasteiger partial charge in [-0.25, -0.2) is 0 Å². The zero-order valence-electron chi connectivity index (χ0n) is 8.46. The summed E-state index contributed by atoms with van der Waals surface area (Å²) in [6.45, 7) is -0.0785. The van der Waals surface area contributed by atoms with Crippen LogP contribution in [0.1, 0.15) is 11.1 Å². The van der Waals surface area contributed by atoms with Crippen LogP contribution >= 0.6 is 0 Å². The van der Waals surface area contributed by atoms with Crippen LogP contribution in [0.5, 0.6) is 0 Å². The van der Waals surface area contributed by atoms with Gasteiger partial charge < -0.3 is 5.11 Å². The van der Waals surface area contributed by atoms with E-state index in [0.717, 1.165) is 5.56 Å². The summed E-state index contributed by atoms with van der Waals surface area (Å²) in [6.07, 6.45) is 3.14. The predicted octanol–water partition coefficient (Wildman–Crippen LogP) is 1.51. The molecule has 4 nitrogen and oxygen atoms in total. The van der Waals surface area contributed by atoms with E-state index in [4.69, 9.17) is 10.4 Å². The van der Waals surface area contributed by atoms with Crippen LogP contribution in [0.4, 0.5) is 0 Å². The van der Waals surface area contributed by atoms with Gasteiger partial charge >= 0.3 is 0 Å². The van der Waals surface area contributed by atoms with E-state index < -0.39 is 0 Å². The fraction of sp³-hybridized carbons (Fsp3) is 0.0833. The van der Waals surface area contributed by atoms with Crippen molar-refractivity contribution in [2.45, 2.75) is 6.61 Å². The largest absolute Gasteiger partial charge is 0.392 e. The third-order valence-corrected chi connectivity index (χ3v) is 2.20. The Morgan fingerprint density at radius 1 is 1.25 bits per heavy atom. The van der Waals surface area contributed by atoms with Crippen molar-refractivity contribution in [1.82, 2.24) is 9.97 Å². The molecule has 0 aliphatic heterocycles. The lowest BCUT2D eigenvalue weighted by atomic mass is 10.1. The summed E-state index contributed by atoms with van der Waals surface area (Å²) >= 11 is 0. The summed E-state index contributed by atoms with van der Waals surface area (Å²) in [4.78, 5) is 8.30. The van der Waals surface area contributed by atoms with E-state index in [2.05, 4.69) is 9.97 Å². The van der Waals surface area contributed by atoms with Crippen LogP contribution in [-0.2, 0) is 6.61 Å². The lowest BCUT2D eigenvalue weighted by Gasteiger charge is -2.04. The highest BCUT2D eigenvalue weighted by atomic mass is 16.3. The second kappa shape index (κ2) is 4.51. The van der Waals surface area contributed by atoms with Gasteiger partial charge in [-0.15, -0.1) is 0 Å². The van der Waals surface area contributed by atoms with Crippen molar-refractivity contribution in [3.8, 4) is 17.5 Å². The van der Waals surface area contributed by atoms with E-state index in [-0.39, 0.29) is 6.61 Å². The number of hydrogen-bond donors (Lipinski definition) is 1. The fourth-order valence-corrected chi connectivity index (χ4v) is 1.40. The zero-order chi connectivity index (χ0) is 11.4. The first kappa shape index (κ1) is 10.3. The van der Waals surface area contributed by atoms with Crippen LogP contribution in [0.2, 0.25) is 0 Å². The maximum absolute atomic E-state index is 9.16. The van der Waals surface area contributed by atoms with Crippen molar-refractivity contribution in [1.29, 1.82) is 5.26 Å². The van der Waals surface area contributed by atoms with Gasteiger partial charge in [0.15, 0.2) is 0 Å². The number of aromatic nitrogens is 2. The van der Waals surface area contributed by atoms with Gasteiger partial charge in [-0.2, -0.15) is 5.26 Å². The third kappa shape index (κ3) is 1.90. The van der Waals surface area contributed by atoms with Gasteiger partial charge in [-0.05, 0) is 18.2 Å². The molecule has 0 aliphatic carbocycles. The van der Waals surface area contributed by atoms with Gasteiger partial charge in [0.05, 0.1) is 23.6 Å². The molecule has 0 bridgehead atoms. The quantitative estimate of drug-likeness (QED) is 0.817. The minimum absolute atomic E-state index is 0.0785. The van der Waals surface area contributed by atoms with Crippen LogP contribution in [0.15, 0.2) is 36.7 Å². The molecule has 1 N–H and O–H groups in total. The molecular formula is C12H9N3O. The Bertz CT molecular complexity index is 529. The van der Waals surface area contributed by atoms with Crippen molar-refractivity contribution in [3.63, 3.8) is 0 Å². The van der Waals surface area contributed by atoms with Crippen LogP contribution in [-0.4, -0.2) is 15.1 Å². The number of aliphatic hydroxyl groups excluding tert-OH is 1. The predicted molar refractivity (Wildman–Crippen MR) is 58.1 cm³/mol. The minimum Gasteiger partial charge on any atom is -0.392 e. The molecule has 0 saturated carbocycles. The van der Waals surface area contributed by atoms with E-state index in [0.29, 0.717) is 17.0 Å². The average molecular weight is 211 g/mol. The second-order valence-electron chi connectivity index (χ2n) is 3.21. The summed E-state index contributed by atoms with van der Waals surface area (Å²) in [5, 5.41) is 17.8. The van der Waals surface area contributed by atoms with Crippen molar-refractivity contribution in [2.75, 3.05) is 0 Å². The Balaban J connectivity index is 2.47. The Labute approximate surface area is 92.8 Å². The first-order valence-electron chi connectivity index (χ1n) is 4.76. The van der Waals surface area contributed by atoms with Gasteiger partial charge in [-0.1, -0.05) is 6.07 Å². The zero-order valence-corrected chi connectivity index (χ0v) is 8.46. The van der Waals surface area contributed by atoms with E-state index in [1.54, 1.807) is 30.5 Å². The topological polar surface area (TPSA) is 69.8 Å². The van der Waals surface area contributed by atoms with Gasteiger partial charge in [-0.3, -0.25) is 9.97 Å². The number of pyridine rings is 2.